The zero-order valence-corrected chi connectivity index (χ0v) is 11.2. The summed E-state index contributed by atoms with van der Waals surface area (Å²) < 4.78 is 5.99. The number of aromatic nitrogens is 3. The van der Waals surface area contributed by atoms with Gasteiger partial charge in [-0.15, -0.1) is 5.10 Å². The smallest absolute Gasteiger partial charge is 0.340 e. The van der Waals surface area contributed by atoms with E-state index >= 15 is 0 Å². The number of anilines is 1. The molecule has 1 aliphatic rings. The molecule has 8 heteroatoms. The molecule has 1 N–H and O–H groups in total. The molecule has 1 aromatic heterocycles. The van der Waals surface area contributed by atoms with Crippen molar-refractivity contribution in [1.29, 1.82) is 0 Å². The number of fused-ring (bicyclic) bond motifs is 1. The van der Waals surface area contributed by atoms with E-state index in [2.05, 4.69) is 20.4 Å². The van der Waals surface area contributed by atoms with E-state index in [0.29, 0.717) is 11.8 Å². The number of nitrogens with one attached hydrogen (secondary N) is 1. The largest absolute Gasteiger partial charge is 0.465 e. The van der Waals surface area contributed by atoms with Gasteiger partial charge in [0.25, 0.3) is 5.56 Å². The number of hydrogen-bond donors (Lipinski definition) is 1. The SMILES string of the molecule is COC(=O)c1cc2nnn(C3CC3)c(=O)c2cc1NC=O. The maximum Gasteiger partial charge on any atom is 0.340 e. The van der Waals surface area contributed by atoms with Crippen LogP contribution in [-0.2, 0) is 9.53 Å². The van der Waals surface area contributed by atoms with Crippen LogP contribution < -0.4 is 10.9 Å². The van der Waals surface area contributed by atoms with Gasteiger partial charge in [0.1, 0.15) is 5.52 Å². The van der Waals surface area contributed by atoms with Gasteiger partial charge in [0.05, 0.1) is 29.8 Å². The molecule has 108 valence electrons. The second kappa shape index (κ2) is 4.97. The van der Waals surface area contributed by atoms with Gasteiger partial charge in [-0.2, -0.15) is 0 Å². The summed E-state index contributed by atoms with van der Waals surface area (Å²) in [6.07, 6.45) is 2.24. The highest BCUT2D eigenvalue weighted by Crippen LogP contribution is 2.32. The predicted octanol–water partition coefficient (Wildman–Crippen LogP) is 0.481. The van der Waals surface area contributed by atoms with Gasteiger partial charge in [0.15, 0.2) is 0 Å². The second-order valence-corrected chi connectivity index (χ2v) is 4.74. The Morgan fingerprint density at radius 1 is 1.48 bits per heavy atom. The topological polar surface area (TPSA) is 103 Å². The molecule has 0 radical (unpaired) electrons. The average Bonchev–Trinajstić information content (AvgIpc) is 3.32. The molecular weight excluding hydrogens is 276 g/mol. The fourth-order valence-electron chi connectivity index (χ4n) is 2.12. The van der Waals surface area contributed by atoms with E-state index in [4.69, 9.17) is 0 Å². The highest BCUT2D eigenvalue weighted by molar-refractivity contribution is 6.02. The van der Waals surface area contributed by atoms with Crippen molar-refractivity contribution in [1.82, 2.24) is 15.0 Å². The normalized spacial score (nSPS) is 14.0. The first kappa shape index (κ1) is 13.2. The van der Waals surface area contributed by atoms with E-state index in [1.807, 2.05) is 0 Å². The highest BCUT2D eigenvalue weighted by Gasteiger charge is 2.27. The zero-order chi connectivity index (χ0) is 15.0. The molecule has 1 amide bonds. The number of esters is 1. The number of hydrogen-bond acceptors (Lipinski definition) is 6. The molecule has 0 atom stereocenters. The molecule has 8 nitrogen and oxygen atoms in total. The number of nitrogens with zero attached hydrogens (tertiary/aromatic N) is 3. The van der Waals surface area contributed by atoms with Crippen molar-refractivity contribution in [2.75, 3.05) is 12.4 Å². The Morgan fingerprint density at radius 2 is 2.24 bits per heavy atom. The number of rotatable bonds is 4. The van der Waals surface area contributed by atoms with Crippen LogP contribution in [-0.4, -0.2) is 34.5 Å². The van der Waals surface area contributed by atoms with E-state index in [-0.39, 0.29) is 28.4 Å². The molecule has 2 aromatic rings. The molecule has 0 aliphatic heterocycles. The van der Waals surface area contributed by atoms with Crippen LogP contribution in [0.2, 0.25) is 0 Å². The molecule has 1 saturated carbocycles. The van der Waals surface area contributed by atoms with Gasteiger partial charge < -0.3 is 10.1 Å². The van der Waals surface area contributed by atoms with E-state index in [0.717, 1.165) is 12.8 Å². The molecule has 1 fully saturated rings. The van der Waals surface area contributed by atoms with Crippen LogP contribution in [0.3, 0.4) is 0 Å². The Kier molecular flexibility index (Phi) is 3.13. The summed E-state index contributed by atoms with van der Waals surface area (Å²) in [5.74, 6) is -0.630. The molecule has 3 rings (SSSR count). The third-order valence-corrected chi connectivity index (χ3v) is 3.34. The molecule has 0 unspecified atom stereocenters. The fourth-order valence-corrected chi connectivity index (χ4v) is 2.12. The number of carbonyl (C=O) groups is 2. The maximum absolute atomic E-state index is 12.3. The summed E-state index contributed by atoms with van der Waals surface area (Å²) in [5, 5.41) is 10.6. The van der Waals surface area contributed by atoms with Crippen molar-refractivity contribution in [3.8, 4) is 0 Å². The van der Waals surface area contributed by atoms with Gasteiger partial charge in [-0.25, -0.2) is 9.48 Å². The van der Waals surface area contributed by atoms with Crippen LogP contribution in [0.5, 0.6) is 0 Å². The third kappa shape index (κ3) is 2.24. The first-order valence-corrected chi connectivity index (χ1v) is 6.37. The summed E-state index contributed by atoms with van der Waals surface area (Å²) >= 11 is 0. The second-order valence-electron chi connectivity index (χ2n) is 4.74. The van der Waals surface area contributed by atoms with E-state index < -0.39 is 5.97 Å². The third-order valence-electron chi connectivity index (χ3n) is 3.34. The Balaban J connectivity index is 2.24. The summed E-state index contributed by atoms with van der Waals surface area (Å²) in [6, 6.07) is 2.90. The minimum Gasteiger partial charge on any atom is -0.465 e. The molecule has 21 heavy (non-hydrogen) atoms. The van der Waals surface area contributed by atoms with Crippen molar-refractivity contribution in [2.24, 2.45) is 0 Å². The van der Waals surface area contributed by atoms with E-state index in [1.54, 1.807) is 0 Å². The zero-order valence-electron chi connectivity index (χ0n) is 11.2. The lowest BCUT2D eigenvalue weighted by molar-refractivity contribution is -0.105. The van der Waals surface area contributed by atoms with Gasteiger partial charge >= 0.3 is 5.97 Å². The predicted molar refractivity (Wildman–Crippen MR) is 73.1 cm³/mol. The summed E-state index contributed by atoms with van der Waals surface area (Å²) in [4.78, 5) is 34.7. The first-order chi connectivity index (χ1) is 10.2. The van der Waals surface area contributed by atoms with Crippen LogP contribution in [0.15, 0.2) is 16.9 Å². The molecule has 0 saturated heterocycles. The first-order valence-electron chi connectivity index (χ1n) is 6.37. The molecule has 1 aromatic carbocycles. The Hall–Kier alpha value is -2.77. The van der Waals surface area contributed by atoms with Crippen LogP contribution in [0.25, 0.3) is 10.9 Å². The number of methoxy groups -OCH3 is 1. The van der Waals surface area contributed by atoms with Gasteiger partial charge in [-0.1, -0.05) is 5.21 Å². The van der Waals surface area contributed by atoms with E-state index in [9.17, 15) is 14.4 Å². The summed E-state index contributed by atoms with van der Waals surface area (Å²) in [5.41, 5.74) is 0.327. The van der Waals surface area contributed by atoms with Crippen LogP contribution in [0.1, 0.15) is 29.2 Å². The lowest BCUT2D eigenvalue weighted by Gasteiger charge is -2.09. The van der Waals surface area contributed by atoms with Crippen molar-refractivity contribution >= 4 is 29.0 Å². The minimum atomic E-state index is -0.630. The lowest BCUT2D eigenvalue weighted by atomic mass is 10.1. The standard InChI is InChI=1S/C13H12N4O4/c1-21-13(20)9-5-11-8(4-10(9)14-6-18)12(19)17(16-15-11)7-2-3-7/h4-7H,2-3H2,1H3,(H,14,18). The van der Waals surface area contributed by atoms with E-state index in [1.165, 1.54) is 23.9 Å². The average molecular weight is 288 g/mol. The number of ether oxygens (including phenoxy) is 1. The summed E-state index contributed by atoms with van der Waals surface area (Å²) in [6.45, 7) is 0. The van der Waals surface area contributed by atoms with Crippen molar-refractivity contribution < 1.29 is 14.3 Å². The fraction of sp³-hybridized carbons (Fsp3) is 0.308. The number of benzene rings is 1. The molecule has 1 aliphatic carbocycles. The van der Waals surface area contributed by atoms with Crippen LogP contribution >= 0.6 is 0 Å². The van der Waals surface area contributed by atoms with Gasteiger partial charge in [0.2, 0.25) is 6.41 Å². The monoisotopic (exact) mass is 288 g/mol. The highest BCUT2D eigenvalue weighted by atomic mass is 16.5. The van der Waals surface area contributed by atoms with Crippen LogP contribution in [0.4, 0.5) is 5.69 Å². The van der Waals surface area contributed by atoms with Crippen molar-refractivity contribution in [3.05, 3.63) is 28.0 Å². The minimum absolute atomic E-state index is 0.0946. The van der Waals surface area contributed by atoms with Crippen LogP contribution in [0, 0.1) is 0 Å². The quantitative estimate of drug-likeness (QED) is 0.648. The van der Waals surface area contributed by atoms with Gasteiger partial charge in [-0.05, 0) is 25.0 Å². The summed E-state index contributed by atoms with van der Waals surface area (Å²) in [7, 11) is 1.23. The molecule has 0 spiro atoms. The number of amides is 1. The van der Waals surface area contributed by atoms with Crippen molar-refractivity contribution in [2.45, 2.75) is 18.9 Å². The molecule has 1 heterocycles. The lowest BCUT2D eigenvalue weighted by Crippen LogP contribution is -2.23. The maximum atomic E-state index is 12.3. The Labute approximate surface area is 118 Å². The van der Waals surface area contributed by atoms with Crippen molar-refractivity contribution in [3.63, 3.8) is 0 Å². The van der Waals surface area contributed by atoms with Gasteiger partial charge in [0, 0.05) is 0 Å². The Bertz CT molecular complexity index is 795. The Morgan fingerprint density at radius 3 is 2.86 bits per heavy atom. The molecular formula is C13H12N4O4. The number of carbonyl (C=O) groups excluding carboxylic acids is 2. The molecule has 0 bridgehead atoms. The van der Waals surface area contributed by atoms with Gasteiger partial charge in [-0.3, -0.25) is 9.59 Å².